The first-order valence-corrected chi connectivity index (χ1v) is 6.81. The van der Waals surface area contributed by atoms with Crippen molar-refractivity contribution in [3.05, 3.63) is 48.2 Å². The number of hydrogen-bond donors (Lipinski definition) is 1. The summed E-state index contributed by atoms with van der Waals surface area (Å²) in [6, 6.07) is 12.5. The van der Waals surface area contributed by atoms with Crippen LogP contribution < -0.4 is 10.5 Å². The Morgan fingerprint density at radius 2 is 2.10 bits per heavy atom. The molecule has 5 heteroatoms. The standard InChI is InChI=1S/C15H18N4O/c16-14-6-8-17-15(18-14)20-13-7-9-19(11-13)10-12-4-2-1-3-5-12/h1-6,8,13H,7,9-11H2,(H2,16,17,18). The van der Waals surface area contributed by atoms with Crippen molar-refractivity contribution in [3.63, 3.8) is 0 Å². The van der Waals surface area contributed by atoms with Gasteiger partial charge in [0.15, 0.2) is 0 Å². The van der Waals surface area contributed by atoms with Gasteiger partial charge in [-0.1, -0.05) is 30.3 Å². The number of nitrogen functional groups attached to an aromatic ring is 1. The molecule has 1 aromatic heterocycles. The third-order valence-electron chi connectivity index (χ3n) is 3.41. The van der Waals surface area contributed by atoms with Crippen LogP contribution in [0.4, 0.5) is 5.82 Å². The second kappa shape index (κ2) is 5.88. The molecule has 3 rings (SSSR count). The van der Waals surface area contributed by atoms with Gasteiger partial charge in [-0.3, -0.25) is 4.90 Å². The van der Waals surface area contributed by atoms with Gasteiger partial charge >= 0.3 is 6.01 Å². The topological polar surface area (TPSA) is 64.3 Å². The minimum Gasteiger partial charge on any atom is -0.459 e. The van der Waals surface area contributed by atoms with E-state index in [4.69, 9.17) is 10.5 Å². The number of hydrogen-bond acceptors (Lipinski definition) is 5. The van der Waals surface area contributed by atoms with Gasteiger partial charge in [-0.2, -0.15) is 4.98 Å². The molecule has 2 aromatic rings. The molecule has 0 saturated carbocycles. The molecule has 2 N–H and O–H groups in total. The fourth-order valence-corrected chi connectivity index (χ4v) is 2.44. The van der Waals surface area contributed by atoms with E-state index in [2.05, 4.69) is 39.1 Å². The van der Waals surface area contributed by atoms with Gasteiger partial charge in [0.25, 0.3) is 0 Å². The average Bonchev–Trinajstić information content (AvgIpc) is 2.87. The van der Waals surface area contributed by atoms with E-state index < -0.39 is 0 Å². The van der Waals surface area contributed by atoms with Gasteiger partial charge in [0.05, 0.1) is 0 Å². The highest BCUT2D eigenvalue weighted by Crippen LogP contribution is 2.17. The van der Waals surface area contributed by atoms with Crippen molar-refractivity contribution in [2.75, 3.05) is 18.8 Å². The number of benzene rings is 1. The maximum Gasteiger partial charge on any atom is 0.318 e. The van der Waals surface area contributed by atoms with Gasteiger partial charge in [-0.25, -0.2) is 4.98 Å². The summed E-state index contributed by atoms with van der Waals surface area (Å²) in [6.45, 7) is 2.88. The van der Waals surface area contributed by atoms with Crippen LogP contribution in [-0.2, 0) is 6.54 Å². The molecule has 1 aliphatic heterocycles. The molecule has 0 spiro atoms. The first-order chi connectivity index (χ1) is 9.79. The van der Waals surface area contributed by atoms with E-state index in [-0.39, 0.29) is 6.10 Å². The molecule has 1 aromatic carbocycles. The van der Waals surface area contributed by atoms with E-state index >= 15 is 0 Å². The Bertz CT molecular complexity index is 561. The molecule has 20 heavy (non-hydrogen) atoms. The van der Waals surface area contributed by atoms with Crippen molar-refractivity contribution in [3.8, 4) is 6.01 Å². The molecular formula is C15H18N4O. The van der Waals surface area contributed by atoms with Crippen molar-refractivity contribution >= 4 is 5.82 Å². The zero-order valence-electron chi connectivity index (χ0n) is 11.3. The molecule has 0 radical (unpaired) electrons. The van der Waals surface area contributed by atoms with E-state index in [0.717, 1.165) is 26.1 Å². The third-order valence-corrected chi connectivity index (χ3v) is 3.41. The number of ether oxygens (including phenoxy) is 1. The molecule has 0 amide bonds. The van der Waals surface area contributed by atoms with Gasteiger partial charge < -0.3 is 10.5 Å². The SMILES string of the molecule is Nc1ccnc(OC2CCN(Cc3ccccc3)C2)n1. The van der Waals surface area contributed by atoms with Crippen LogP contribution in [0.2, 0.25) is 0 Å². The summed E-state index contributed by atoms with van der Waals surface area (Å²) in [6.07, 6.45) is 2.75. The number of nitrogens with zero attached hydrogens (tertiary/aromatic N) is 3. The van der Waals surface area contributed by atoms with E-state index in [1.165, 1.54) is 5.56 Å². The van der Waals surface area contributed by atoms with E-state index in [0.29, 0.717) is 11.8 Å². The smallest absolute Gasteiger partial charge is 0.318 e. The van der Waals surface area contributed by atoms with Gasteiger partial charge in [-0.05, 0) is 18.1 Å². The molecule has 1 aliphatic rings. The Balaban J connectivity index is 1.54. The molecule has 0 aliphatic carbocycles. The van der Waals surface area contributed by atoms with Crippen LogP contribution in [0, 0.1) is 0 Å². The summed E-state index contributed by atoms with van der Waals surface area (Å²) in [4.78, 5) is 10.5. The normalized spacial score (nSPS) is 19.1. The van der Waals surface area contributed by atoms with E-state index in [1.54, 1.807) is 12.3 Å². The number of anilines is 1. The lowest BCUT2D eigenvalue weighted by Crippen LogP contribution is -2.25. The zero-order valence-corrected chi connectivity index (χ0v) is 11.3. The second-order valence-corrected chi connectivity index (χ2v) is 5.01. The molecule has 1 atom stereocenters. The first-order valence-electron chi connectivity index (χ1n) is 6.81. The van der Waals surface area contributed by atoms with Crippen LogP contribution in [0.5, 0.6) is 6.01 Å². The first kappa shape index (κ1) is 12.9. The van der Waals surface area contributed by atoms with Crippen LogP contribution in [0.1, 0.15) is 12.0 Å². The predicted molar refractivity (Wildman–Crippen MR) is 77.2 cm³/mol. The van der Waals surface area contributed by atoms with Crippen LogP contribution >= 0.6 is 0 Å². The number of likely N-dealkylation sites (tertiary alicyclic amines) is 1. The van der Waals surface area contributed by atoms with E-state index in [1.807, 2.05) is 6.07 Å². The van der Waals surface area contributed by atoms with Crippen LogP contribution in [-0.4, -0.2) is 34.1 Å². The lowest BCUT2D eigenvalue weighted by Gasteiger charge is -2.16. The maximum absolute atomic E-state index is 5.78. The van der Waals surface area contributed by atoms with Gasteiger partial charge in [0, 0.05) is 25.8 Å². The van der Waals surface area contributed by atoms with E-state index in [9.17, 15) is 0 Å². The highest BCUT2D eigenvalue weighted by molar-refractivity contribution is 5.26. The summed E-state index contributed by atoms with van der Waals surface area (Å²) >= 11 is 0. The zero-order chi connectivity index (χ0) is 13.8. The Kier molecular flexibility index (Phi) is 3.78. The maximum atomic E-state index is 5.78. The molecule has 1 saturated heterocycles. The van der Waals surface area contributed by atoms with Gasteiger partial charge in [-0.15, -0.1) is 0 Å². The van der Waals surface area contributed by atoms with Crippen LogP contribution in [0.3, 0.4) is 0 Å². The molecule has 0 bridgehead atoms. The molecule has 2 heterocycles. The van der Waals surface area contributed by atoms with Gasteiger partial charge in [0.1, 0.15) is 11.9 Å². The van der Waals surface area contributed by atoms with Crippen molar-refractivity contribution in [1.29, 1.82) is 0 Å². The van der Waals surface area contributed by atoms with Crippen LogP contribution in [0.15, 0.2) is 42.6 Å². The quantitative estimate of drug-likeness (QED) is 0.916. The summed E-state index contributed by atoms with van der Waals surface area (Å²) in [5, 5.41) is 0. The lowest BCUT2D eigenvalue weighted by atomic mass is 10.2. The molecule has 104 valence electrons. The third kappa shape index (κ3) is 3.24. The van der Waals surface area contributed by atoms with Gasteiger partial charge in [0.2, 0.25) is 0 Å². The second-order valence-electron chi connectivity index (χ2n) is 5.01. The molecular weight excluding hydrogens is 252 g/mol. The summed E-state index contributed by atoms with van der Waals surface area (Å²) < 4.78 is 5.78. The highest BCUT2D eigenvalue weighted by atomic mass is 16.5. The summed E-state index contributed by atoms with van der Waals surface area (Å²) in [5.74, 6) is 0.439. The van der Waals surface area contributed by atoms with Crippen LogP contribution in [0.25, 0.3) is 0 Å². The molecule has 1 unspecified atom stereocenters. The number of aromatic nitrogens is 2. The Morgan fingerprint density at radius 1 is 1.25 bits per heavy atom. The Morgan fingerprint density at radius 3 is 2.90 bits per heavy atom. The van der Waals surface area contributed by atoms with Crippen molar-refractivity contribution < 1.29 is 4.74 Å². The van der Waals surface area contributed by atoms with Crippen molar-refractivity contribution in [1.82, 2.24) is 14.9 Å². The fraction of sp³-hybridized carbons (Fsp3) is 0.333. The minimum absolute atomic E-state index is 0.139. The summed E-state index contributed by atoms with van der Waals surface area (Å²) in [5.41, 5.74) is 6.95. The minimum atomic E-state index is 0.139. The monoisotopic (exact) mass is 270 g/mol. The highest BCUT2D eigenvalue weighted by Gasteiger charge is 2.24. The lowest BCUT2D eigenvalue weighted by molar-refractivity contribution is 0.183. The van der Waals surface area contributed by atoms with Crippen molar-refractivity contribution in [2.45, 2.75) is 19.1 Å². The largest absolute Gasteiger partial charge is 0.459 e. The van der Waals surface area contributed by atoms with Crippen molar-refractivity contribution in [2.24, 2.45) is 0 Å². The fourth-order valence-electron chi connectivity index (χ4n) is 2.44. The Hall–Kier alpha value is -2.14. The number of nitrogens with two attached hydrogens (primary N) is 1. The summed E-state index contributed by atoms with van der Waals surface area (Å²) in [7, 11) is 0. The average molecular weight is 270 g/mol. The number of rotatable bonds is 4. The molecule has 1 fully saturated rings. The predicted octanol–water partition coefficient (Wildman–Crippen LogP) is 1.71. The molecule has 5 nitrogen and oxygen atoms in total. The Labute approximate surface area is 118 Å².